The van der Waals surface area contributed by atoms with Gasteiger partial charge in [-0.2, -0.15) is 0 Å². The smallest absolute Gasteiger partial charge is 0.0241 e. The van der Waals surface area contributed by atoms with Gasteiger partial charge in [-0.3, -0.25) is 0 Å². The molecule has 4 rings (SSSR count). The molecule has 4 aliphatic rings. The minimum Gasteiger partial charge on any atom is -0.0854 e. The van der Waals surface area contributed by atoms with Gasteiger partial charge < -0.3 is 0 Å². The maximum Gasteiger partial charge on any atom is 0.0241 e. The number of hydrogen-bond acceptors (Lipinski definition) is 0. The summed E-state index contributed by atoms with van der Waals surface area (Å²) in [5.74, 6) is 22.2. The third-order valence-electron chi connectivity index (χ3n) is 10.3. The van der Waals surface area contributed by atoms with Gasteiger partial charge in [0.05, 0.1) is 0 Å². The summed E-state index contributed by atoms with van der Waals surface area (Å²) < 4.78 is 0. The van der Waals surface area contributed by atoms with Crippen LogP contribution < -0.4 is 0 Å². The molecule has 1 radical (unpaired) electrons. The van der Waals surface area contributed by atoms with Gasteiger partial charge in [-0.1, -0.05) is 58.8 Å². The molecule has 8 atom stereocenters. The Bertz CT molecular complexity index is 632. The first kappa shape index (κ1) is 24.3. The van der Waals surface area contributed by atoms with E-state index in [2.05, 4.69) is 57.8 Å². The first-order chi connectivity index (χ1) is 15.5. The minimum absolute atomic E-state index is 0.572. The number of hydrogen-bond donors (Lipinski definition) is 0. The van der Waals surface area contributed by atoms with E-state index in [0.717, 1.165) is 47.3 Å². The van der Waals surface area contributed by atoms with Crippen molar-refractivity contribution in [3.8, 4) is 23.7 Å². The van der Waals surface area contributed by atoms with E-state index in [1.165, 1.54) is 83.5 Å². The predicted molar refractivity (Wildman–Crippen MR) is 137 cm³/mol. The fourth-order valence-corrected chi connectivity index (χ4v) is 7.53. The average molecular weight is 434 g/mol. The molecule has 0 aliphatic heterocycles. The molecule has 0 N–H and O–H groups in total. The van der Waals surface area contributed by atoms with Crippen molar-refractivity contribution >= 4 is 0 Å². The molecule has 0 aromatic rings. The maximum absolute atomic E-state index is 3.65. The minimum atomic E-state index is 0.572. The summed E-state index contributed by atoms with van der Waals surface area (Å²) in [5, 5.41) is 0. The van der Waals surface area contributed by atoms with E-state index in [-0.39, 0.29) is 0 Å². The summed E-state index contributed by atoms with van der Waals surface area (Å²) in [7, 11) is 0. The van der Waals surface area contributed by atoms with Crippen LogP contribution in [0.15, 0.2) is 0 Å². The van der Waals surface area contributed by atoms with Crippen LogP contribution in [0.4, 0.5) is 0 Å². The zero-order valence-corrected chi connectivity index (χ0v) is 21.5. The lowest BCUT2D eigenvalue weighted by molar-refractivity contribution is 0.133. The van der Waals surface area contributed by atoms with Crippen LogP contribution in [0.3, 0.4) is 0 Å². The molecule has 0 bridgehead atoms. The topological polar surface area (TPSA) is 0 Å². The van der Waals surface area contributed by atoms with Crippen molar-refractivity contribution < 1.29 is 0 Å². The van der Waals surface area contributed by atoms with Gasteiger partial charge in [0, 0.05) is 11.8 Å². The second-order valence-corrected chi connectivity index (χ2v) is 12.7. The Kier molecular flexibility index (Phi) is 8.72. The lowest BCUT2D eigenvalue weighted by atomic mass is 9.66. The van der Waals surface area contributed by atoms with Crippen molar-refractivity contribution in [1.29, 1.82) is 0 Å². The van der Waals surface area contributed by atoms with Gasteiger partial charge >= 0.3 is 0 Å². The molecule has 8 unspecified atom stereocenters. The molecule has 4 aliphatic carbocycles. The zero-order chi connectivity index (χ0) is 22.5. The molecule has 32 heavy (non-hydrogen) atoms. The van der Waals surface area contributed by atoms with Crippen LogP contribution in [0.25, 0.3) is 0 Å². The van der Waals surface area contributed by atoms with E-state index in [0.29, 0.717) is 11.8 Å². The Labute approximate surface area is 200 Å². The van der Waals surface area contributed by atoms with Crippen molar-refractivity contribution in [1.82, 2.24) is 0 Å². The third kappa shape index (κ3) is 6.37. The largest absolute Gasteiger partial charge is 0.0854 e. The summed E-state index contributed by atoms with van der Waals surface area (Å²) in [6.45, 7) is 9.69. The van der Waals surface area contributed by atoms with Gasteiger partial charge in [-0.05, 0) is 130 Å². The van der Waals surface area contributed by atoms with Crippen LogP contribution in [-0.2, 0) is 0 Å². The molecular formula is C32H49. The predicted octanol–water partition coefficient (Wildman–Crippen LogP) is 8.56. The molecule has 0 aromatic carbocycles. The molecule has 0 aromatic heterocycles. The van der Waals surface area contributed by atoms with Crippen LogP contribution >= 0.6 is 0 Å². The summed E-state index contributed by atoms with van der Waals surface area (Å²) >= 11 is 0. The van der Waals surface area contributed by atoms with Gasteiger partial charge in [-0.25, -0.2) is 0 Å². The second kappa shape index (κ2) is 11.5. The quantitative estimate of drug-likeness (QED) is 0.383. The van der Waals surface area contributed by atoms with Gasteiger partial charge in [-0.15, -0.1) is 0 Å². The molecule has 0 heterocycles. The first-order valence-corrected chi connectivity index (χ1v) is 14.3. The highest BCUT2D eigenvalue weighted by molar-refractivity contribution is 5.28. The molecule has 0 spiro atoms. The summed E-state index contributed by atoms with van der Waals surface area (Å²) in [6.07, 6.45) is 20.9. The van der Waals surface area contributed by atoms with Crippen molar-refractivity contribution in [2.24, 2.45) is 59.2 Å². The van der Waals surface area contributed by atoms with Crippen molar-refractivity contribution in [3.05, 3.63) is 6.42 Å². The molecule has 0 amide bonds. The molecule has 4 fully saturated rings. The molecular weight excluding hydrogens is 384 g/mol. The van der Waals surface area contributed by atoms with Crippen LogP contribution in [0.2, 0.25) is 0 Å². The monoisotopic (exact) mass is 433 g/mol. The zero-order valence-electron chi connectivity index (χ0n) is 21.5. The maximum atomic E-state index is 3.65. The summed E-state index contributed by atoms with van der Waals surface area (Å²) in [5.41, 5.74) is 0. The van der Waals surface area contributed by atoms with Gasteiger partial charge in [0.1, 0.15) is 0 Å². The SMILES string of the molecule is CC1[CH]CC(C2CCC(C)C(C#CC#CC3CC(C4CCC(C)CC4)CCC3C)C2)CC1. The van der Waals surface area contributed by atoms with Gasteiger partial charge in [0.25, 0.3) is 0 Å². The lowest BCUT2D eigenvalue weighted by Gasteiger charge is -2.39. The van der Waals surface area contributed by atoms with E-state index in [1.54, 1.807) is 0 Å². The fraction of sp³-hybridized carbons (Fsp3) is 0.844. The van der Waals surface area contributed by atoms with E-state index in [4.69, 9.17) is 0 Å². The molecule has 0 saturated heterocycles. The normalized spacial score (nSPS) is 45.1. The summed E-state index contributed by atoms with van der Waals surface area (Å²) in [4.78, 5) is 0. The highest BCUT2D eigenvalue weighted by atomic mass is 14.4. The van der Waals surface area contributed by atoms with Crippen LogP contribution in [-0.4, -0.2) is 0 Å². The van der Waals surface area contributed by atoms with Gasteiger partial charge in [0.2, 0.25) is 0 Å². The van der Waals surface area contributed by atoms with E-state index in [9.17, 15) is 0 Å². The molecule has 0 nitrogen and oxygen atoms in total. The molecule has 4 saturated carbocycles. The number of rotatable bonds is 2. The standard InChI is InChI=1S/C32H49/c1-23-9-15-27(16-10-23)31-19-13-25(3)29(21-31)7-5-6-8-30-22-32(20-14-26(30)4)28-17-11-24(2)12-18-28/h9,23-32H,10-22H2,1-4H3. The Morgan fingerprint density at radius 1 is 0.531 bits per heavy atom. The highest BCUT2D eigenvalue weighted by Crippen LogP contribution is 2.44. The average Bonchev–Trinajstić information content (AvgIpc) is 2.80. The first-order valence-electron chi connectivity index (χ1n) is 14.3. The molecule has 177 valence electrons. The Balaban J connectivity index is 1.31. The Morgan fingerprint density at radius 2 is 1.03 bits per heavy atom. The third-order valence-corrected chi connectivity index (χ3v) is 10.3. The fourth-order valence-electron chi connectivity index (χ4n) is 7.53. The van der Waals surface area contributed by atoms with Crippen LogP contribution in [0.1, 0.15) is 111 Å². The van der Waals surface area contributed by atoms with Crippen molar-refractivity contribution in [2.75, 3.05) is 0 Å². The summed E-state index contributed by atoms with van der Waals surface area (Å²) in [6, 6.07) is 0. The van der Waals surface area contributed by atoms with E-state index >= 15 is 0 Å². The Morgan fingerprint density at radius 3 is 1.56 bits per heavy atom. The van der Waals surface area contributed by atoms with Crippen LogP contribution in [0.5, 0.6) is 0 Å². The Hall–Kier alpha value is -0.880. The lowest BCUT2D eigenvalue weighted by Crippen LogP contribution is -2.29. The van der Waals surface area contributed by atoms with E-state index in [1.807, 2.05) is 0 Å². The van der Waals surface area contributed by atoms with E-state index < -0.39 is 0 Å². The van der Waals surface area contributed by atoms with Crippen LogP contribution in [0, 0.1) is 89.3 Å². The van der Waals surface area contributed by atoms with Crippen molar-refractivity contribution in [2.45, 2.75) is 111 Å². The molecule has 0 heteroatoms. The second-order valence-electron chi connectivity index (χ2n) is 12.7. The van der Waals surface area contributed by atoms with Crippen molar-refractivity contribution in [3.63, 3.8) is 0 Å². The van der Waals surface area contributed by atoms with Gasteiger partial charge in [0.15, 0.2) is 0 Å². The highest BCUT2D eigenvalue weighted by Gasteiger charge is 2.34.